The Bertz CT molecular complexity index is 532. The van der Waals surface area contributed by atoms with Gasteiger partial charge in [0.25, 0.3) is 0 Å². The number of thiazole rings is 1. The molecule has 2 rings (SSSR count). The van der Waals surface area contributed by atoms with Crippen molar-refractivity contribution in [2.24, 2.45) is 4.99 Å². The van der Waals surface area contributed by atoms with Gasteiger partial charge in [-0.25, -0.2) is 4.98 Å². The van der Waals surface area contributed by atoms with Gasteiger partial charge in [0, 0.05) is 12.4 Å². The van der Waals surface area contributed by atoms with Gasteiger partial charge >= 0.3 is 0 Å². The van der Waals surface area contributed by atoms with Crippen molar-refractivity contribution in [2.75, 3.05) is 0 Å². The maximum absolute atomic E-state index is 5.73. The second kappa shape index (κ2) is 4.76. The van der Waals surface area contributed by atoms with Crippen LogP contribution in [-0.2, 0) is 0 Å². The summed E-state index contributed by atoms with van der Waals surface area (Å²) in [5.74, 6) is 0. The summed E-state index contributed by atoms with van der Waals surface area (Å²) in [5.41, 5.74) is 3.48. The Morgan fingerprint density at radius 2 is 2.12 bits per heavy atom. The second-order valence-corrected chi connectivity index (χ2v) is 5.19. The summed E-state index contributed by atoms with van der Waals surface area (Å²) in [7, 11) is 0. The van der Waals surface area contributed by atoms with Crippen LogP contribution < -0.4 is 0 Å². The summed E-state index contributed by atoms with van der Waals surface area (Å²) >= 11 is 7.15. The first-order valence-corrected chi connectivity index (χ1v) is 6.07. The predicted octanol–water partition coefficient (Wildman–Crippen LogP) is 4.16. The molecule has 0 atom stereocenters. The highest BCUT2D eigenvalue weighted by Crippen LogP contribution is 2.19. The molecule has 0 aliphatic carbocycles. The number of aliphatic imine (C=N–C) groups is 1. The summed E-state index contributed by atoms with van der Waals surface area (Å²) in [6.07, 6.45) is 3.51. The van der Waals surface area contributed by atoms with Crippen molar-refractivity contribution in [2.45, 2.75) is 13.8 Å². The van der Waals surface area contributed by atoms with E-state index in [1.807, 2.05) is 6.07 Å². The topological polar surface area (TPSA) is 25.2 Å². The summed E-state index contributed by atoms with van der Waals surface area (Å²) in [4.78, 5) is 9.29. The Hall–Kier alpha value is -1.19. The molecule has 2 nitrogen and oxygen atoms in total. The zero-order valence-electron chi connectivity index (χ0n) is 9.07. The standard InChI is InChI=1S/C12H11ClN2S/c1-8-3-4-10(5-9(8)2)14-6-11-7-15-12(13)16-11/h3-7H,1-2H3. The van der Waals surface area contributed by atoms with E-state index in [-0.39, 0.29) is 0 Å². The van der Waals surface area contributed by atoms with Gasteiger partial charge in [-0.1, -0.05) is 17.7 Å². The largest absolute Gasteiger partial charge is 0.255 e. The molecule has 1 aromatic heterocycles. The quantitative estimate of drug-likeness (QED) is 0.735. The number of hydrogen-bond acceptors (Lipinski definition) is 3. The zero-order valence-corrected chi connectivity index (χ0v) is 10.6. The lowest BCUT2D eigenvalue weighted by Crippen LogP contribution is -1.79. The molecule has 1 aromatic carbocycles. The molecular formula is C12H11ClN2S. The van der Waals surface area contributed by atoms with Gasteiger partial charge in [-0.05, 0) is 37.1 Å². The fraction of sp³-hybridized carbons (Fsp3) is 0.167. The molecule has 0 saturated heterocycles. The van der Waals surface area contributed by atoms with Crippen molar-refractivity contribution < 1.29 is 0 Å². The van der Waals surface area contributed by atoms with E-state index in [1.165, 1.54) is 22.5 Å². The maximum Gasteiger partial charge on any atom is 0.184 e. The number of rotatable bonds is 2. The van der Waals surface area contributed by atoms with E-state index in [9.17, 15) is 0 Å². The van der Waals surface area contributed by atoms with E-state index in [0.29, 0.717) is 4.47 Å². The maximum atomic E-state index is 5.73. The number of hydrogen-bond donors (Lipinski definition) is 0. The lowest BCUT2D eigenvalue weighted by atomic mass is 10.1. The number of halogens is 1. The molecule has 0 radical (unpaired) electrons. The third-order valence-corrected chi connectivity index (χ3v) is 3.38. The van der Waals surface area contributed by atoms with Gasteiger partial charge in [0.1, 0.15) is 0 Å². The molecule has 0 aliphatic rings. The molecule has 2 aromatic rings. The molecule has 0 saturated carbocycles. The van der Waals surface area contributed by atoms with Crippen molar-refractivity contribution in [1.29, 1.82) is 0 Å². The molecule has 0 fully saturated rings. The highest BCUT2D eigenvalue weighted by Gasteiger charge is 1.96. The van der Waals surface area contributed by atoms with Crippen LogP contribution in [0.2, 0.25) is 4.47 Å². The van der Waals surface area contributed by atoms with E-state index in [1.54, 1.807) is 12.4 Å². The summed E-state index contributed by atoms with van der Waals surface area (Å²) in [5, 5.41) is 0. The molecule has 1 heterocycles. The first kappa shape index (κ1) is 11.3. The summed E-state index contributed by atoms with van der Waals surface area (Å²) in [6, 6.07) is 6.14. The van der Waals surface area contributed by atoms with Gasteiger partial charge in [0.15, 0.2) is 4.47 Å². The highest BCUT2D eigenvalue weighted by atomic mass is 35.5. The SMILES string of the molecule is Cc1ccc(N=Cc2cnc(Cl)s2)cc1C. The number of aryl methyl sites for hydroxylation is 2. The monoisotopic (exact) mass is 250 g/mol. The molecule has 0 aliphatic heterocycles. The van der Waals surface area contributed by atoms with E-state index in [2.05, 4.69) is 36.0 Å². The van der Waals surface area contributed by atoms with Crippen LogP contribution in [0.15, 0.2) is 29.4 Å². The Morgan fingerprint density at radius 1 is 1.31 bits per heavy atom. The van der Waals surface area contributed by atoms with Gasteiger partial charge in [-0.3, -0.25) is 4.99 Å². The minimum Gasteiger partial charge on any atom is -0.255 e. The minimum absolute atomic E-state index is 0.543. The smallest absolute Gasteiger partial charge is 0.184 e. The number of benzene rings is 1. The third kappa shape index (κ3) is 2.68. The molecule has 0 amide bonds. The normalized spacial score (nSPS) is 11.2. The van der Waals surface area contributed by atoms with E-state index in [0.717, 1.165) is 10.6 Å². The average Bonchev–Trinajstić information content (AvgIpc) is 2.66. The van der Waals surface area contributed by atoms with Gasteiger partial charge in [-0.2, -0.15) is 0 Å². The fourth-order valence-corrected chi connectivity index (χ4v) is 2.09. The molecule has 0 unspecified atom stereocenters. The Balaban J connectivity index is 2.20. The molecule has 0 bridgehead atoms. The van der Waals surface area contributed by atoms with Crippen LogP contribution in [0.3, 0.4) is 0 Å². The van der Waals surface area contributed by atoms with Crippen LogP contribution in [0.5, 0.6) is 0 Å². The molecule has 0 spiro atoms. The van der Waals surface area contributed by atoms with Crippen LogP contribution >= 0.6 is 22.9 Å². The lowest BCUT2D eigenvalue weighted by molar-refractivity contribution is 1.33. The van der Waals surface area contributed by atoms with Crippen molar-refractivity contribution in [3.8, 4) is 0 Å². The van der Waals surface area contributed by atoms with Crippen LogP contribution in [0.4, 0.5) is 5.69 Å². The Morgan fingerprint density at radius 3 is 2.75 bits per heavy atom. The summed E-state index contributed by atoms with van der Waals surface area (Å²) < 4.78 is 0.543. The van der Waals surface area contributed by atoms with Crippen molar-refractivity contribution in [1.82, 2.24) is 4.98 Å². The number of nitrogens with zero attached hydrogens (tertiary/aromatic N) is 2. The fourth-order valence-electron chi connectivity index (χ4n) is 1.27. The van der Waals surface area contributed by atoms with Crippen molar-refractivity contribution in [3.05, 3.63) is 44.9 Å². The Labute approximate surface area is 104 Å². The van der Waals surface area contributed by atoms with Crippen LogP contribution in [0, 0.1) is 13.8 Å². The lowest BCUT2D eigenvalue weighted by Gasteiger charge is -1.99. The summed E-state index contributed by atoms with van der Waals surface area (Å²) in [6.45, 7) is 4.17. The first-order valence-electron chi connectivity index (χ1n) is 4.88. The van der Waals surface area contributed by atoms with E-state index in [4.69, 9.17) is 11.6 Å². The van der Waals surface area contributed by atoms with Gasteiger partial charge in [0.2, 0.25) is 0 Å². The highest BCUT2D eigenvalue weighted by molar-refractivity contribution is 7.17. The van der Waals surface area contributed by atoms with E-state index >= 15 is 0 Å². The third-order valence-electron chi connectivity index (χ3n) is 2.33. The average molecular weight is 251 g/mol. The van der Waals surface area contributed by atoms with Gasteiger partial charge in [0.05, 0.1) is 10.6 Å². The second-order valence-electron chi connectivity index (χ2n) is 3.54. The number of aromatic nitrogens is 1. The van der Waals surface area contributed by atoms with Crippen molar-refractivity contribution >= 4 is 34.8 Å². The molecule has 0 N–H and O–H groups in total. The van der Waals surface area contributed by atoms with E-state index < -0.39 is 0 Å². The van der Waals surface area contributed by atoms with Crippen LogP contribution in [0.1, 0.15) is 16.0 Å². The predicted molar refractivity (Wildman–Crippen MR) is 70.3 cm³/mol. The molecule has 4 heteroatoms. The van der Waals surface area contributed by atoms with Gasteiger partial charge < -0.3 is 0 Å². The molecule has 16 heavy (non-hydrogen) atoms. The first-order chi connectivity index (χ1) is 7.65. The minimum atomic E-state index is 0.543. The van der Waals surface area contributed by atoms with Crippen LogP contribution in [0.25, 0.3) is 0 Å². The van der Waals surface area contributed by atoms with Crippen molar-refractivity contribution in [3.63, 3.8) is 0 Å². The molecule has 82 valence electrons. The Kier molecular flexibility index (Phi) is 3.36. The molecular weight excluding hydrogens is 240 g/mol. The van der Waals surface area contributed by atoms with Crippen LogP contribution in [-0.4, -0.2) is 11.2 Å². The van der Waals surface area contributed by atoms with Gasteiger partial charge in [-0.15, -0.1) is 11.3 Å². The zero-order chi connectivity index (χ0) is 11.5.